The third-order valence-electron chi connectivity index (χ3n) is 1.56. The van der Waals surface area contributed by atoms with Crippen LogP contribution >= 0.6 is 0 Å². The summed E-state index contributed by atoms with van der Waals surface area (Å²) in [5, 5.41) is 8.86. The Morgan fingerprint density at radius 2 is 2.18 bits per heavy atom. The molecule has 0 saturated heterocycles. The predicted molar refractivity (Wildman–Crippen MR) is 42.1 cm³/mol. The summed E-state index contributed by atoms with van der Waals surface area (Å²) in [5.41, 5.74) is 5.32. The van der Waals surface area contributed by atoms with Crippen LogP contribution in [0.15, 0.2) is 0 Å². The fourth-order valence-electron chi connectivity index (χ4n) is 0.875. The number of rotatable bonds is 2. The third kappa shape index (κ3) is 2.19. The van der Waals surface area contributed by atoms with Crippen molar-refractivity contribution < 1.29 is 16.8 Å². The van der Waals surface area contributed by atoms with Crippen molar-refractivity contribution in [1.82, 2.24) is 0 Å². The molecule has 0 aromatic rings. The van der Waals surface area contributed by atoms with Crippen LogP contribution in [0.2, 0.25) is 0 Å². The van der Waals surface area contributed by atoms with Crippen LogP contribution in [-0.4, -0.2) is 17.6 Å². The zero-order valence-electron chi connectivity index (χ0n) is 11.0. The van der Waals surface area contributed by atoms with E-state index in [1.807, 2.05) is 0 Å². The van der Waals surface area contributed by atoms with Crippen molar-refractivity contribution in [3.05, 3.63) is 0 Å². The number of hydrogen-bond acceptors (Lipinski definition) is 2. The average Bonchev–Trinajstić information content (AvgIpc) is 2.23. The second kappa shape index (κ2) is 3.72. The fourth-order valence-corrected chi connectivity index (χ4v) is 0.875. The van der Waals surface area contributed by atoms with E-state index >= 15 is 0 Å². The van der Waals surface area contributed by atoms with Crippen molar-refractivity contribution in [3.8, 4) is 0 Å². The van der Waals surface area contributed by atoms with Crippen LogP contribution in [0.4, 0.5) is 0 Å². The smallest absolute Gasteiger partial charge is 0.306 e. The largest absolute Gasteiger partial charge is 0.481 e. The lowest BCUT2D eigenvalue weighted by molar-refractivity contribution is -0.143. The summed E-state index contributed by atoms with van der Waals surface area (Å²) < 4.78 is 38.3. The molecule has 1 aliphatic rings. The highest BCUT2D eigenvalue weighted by Gasteiger charge is 2.24. The molecule has 3 nitrogen and oxygen atoms in total. The van der Waals surface area contributed by atoms with Gasteiger partial charge in [0, 0.05) is 6.85 Å². The van der Waals surface area contributed by atoms with Crippen molar-refractivity contribution in [1.29, 1.82) is 0 Å². The minimum atomic E-state index is -1.73. The van der Waals surface area contributed by atoms with Crippen LogP contribution in [-0.2, 0) is 4.79 Å². The number of carboxylic acids is 1. The maximum Gasteiger partial charge on any atom is 0.306 e. The highest BCUT2D eigenvalue weighted by Crippen LogP contribution is 2.27. The van der Waals surface area contributed by atoms with Crippen LogP contribution in [0.1, 0.15) is 32.4 Å². The minimum absolute atomic E-state index is 0.313. The van der Waals surface area contributed by atoms with E-state index in [9.17, 15) is 4.79 Å². The Labute approximate surface area is 73.6 Å². The molecule has 1 aliphatic carbocycles. The standard InChI is InChI=1S/C8H15NO2/c9-5-6-1-3-7(4-2-6)8(10)11/h6-7H,1-5,9H2,(H,10,11)/i1D,2D,3D,4D,6D. The second-order valence-corrected chi connectivity index (χ2v) is 2.36. The molecule has 1 fully saturated rings. The third-order valence-corrected chi connectivity index (χ3v) is 1.56. The van der Waals surface area contributed by atoms with Gasteiger partial charge < -0.3 is 10.8 Å². The molecule has 0 aliphatic heterocycles. The Morgan fingerprint density at radius 3 is 2.55 bits per heavy atom. The minimum Gasteiger partial charge on any atom is -0.481 e. The molecule has 4 unspecified atom stereocenters. The number of aliphatic carboxylic acids is 1. The van der Waals surface area contributed by atoms with E-state index in [1.54, 1.807) is 0 Å². The summed E-state index contributed by atoms with van der Waals surface area (Å²) >= 11 is 0. The zero-order chi connectivity index (χ0) is 12.7. The Bertz CT molecular complexity index is 274. The predicted octanol–water partition coefficient (Wildman–Crippen LogP) is 0.836. The number of carboxylic acid groups (broad SMARTS) is 1. The molecular formula is C8H15NO2. The maximum atomic E-state index is 10.9. The van der Waals surface area contributed by atoms with Gasteiger partial charge in [0.1, 0.15) is 0 Å². The summed E-state index contributed by atoms with van der Waals surface area (Å²) in [5.74, 6) is -4.48. The van der Waals surface area contributed by atoms with Gasteiger partial charge in [0.15, 0.2) is 0 Å². The lowest BCUT2D eigenvalue weighted by Gasteiger charge is -2.24. The van der Waals surface area contributed by atoms with E-state index in [0.717, 1.165) is 0 Å². The molecule has 0 heterocycles. The summed E-state index contributed by atoms with van der Waals surface area (Å²) in [6, 6.07) is 0. The first-order valence-corrected chi connectivity index (χ1v) is 3.39. The van der Waals surface area contributed by atoms with Gasteiger partial charge in [0.05, 0.1) is 5.92 Å². The van der Waals surface area contributed by atoms with Crippen LogP contribution in [0.25, 0.3) is 0 Å². The first-order valence-electron chi connectivity index (χ1n) is 6.20. The normalized spacial score (nSPS) is 71.7. The van der Waals surface area contributed by atoms with E-state index in [4.69, 9.17) is 17.7 Å². The van der Waals surface area contributed by atoms with Crippen LogP contribution in [0.5, 0.6) is 0 Å². The quantitative estimate of drug-likeness (QED) is 0.632. The zero-order valence-corrected chi connectivity index (χ0v) is 6.03. The van der Waals surface area contributed by atoms with E-state index in [1.165, 1.54) is 0 Å². The highest BCUT2D eigenvalue weighted by molar-refractivity contribution is 5.69. The number of hydrogen-bond donors (Lipinski definition) is 2. The molecule has 0 aromatic heterocycles. The van der Waals surface area contributed by atoms with Crippen LogP contribution < -0.4 is 5.73 Å². The van der Waals surface area contributed by atoms with Crippen molar-refractivity contribution >= 4 is 5.97 Å². The lowest BCUT2D eigenvalue weighted by Crippen LogP contribution is -2.25. The van der Waals surface area contributed by atoms with E-state index in [-0.39, 0.29) is 6.54 Å². The van der Waals surface area contributed by atoms with Crippen molar-refractivity contribution in [2.75, 3.05) is 6.54 Å². The SMILES string of the molecule is [2H]C1C(C(=O)O)C([2H])C([2H])C([2H])(CN)C1[2H]. The van der Waals surface area contributed by atoms with Gasteiger partial charge in [-0.25, -0.2) is 0 Å². The van der Waals surface area contributed by atoms with Crippen LogP contribution in [0.3, 0.4) is 0 Å². The number of carbonyl (C=O) groups is 1. The van der Waals surface area contributed by atoms with Crippen molar-refractivity contribution in [3.63, 3.8) is 0 Å². The molecule has 0 amide bonds. The van der Waals surface area contributed by atoms with Gasteiger partial charge in [0.25, 0.3) is 0 Å². The Morgan fingerprint density at radius 1 is 1.64 bits per heavy atom. The van der Waals surface area contributed by atoms with Gasteiger partial charge in [-0.3, -0.25) is 4.79 Å². The van der Waals surface area contributed by atoms with Crippen molar-refractivity contribution in [2.45, 2.75) is 25.6 Å². The van der Waals surface area contributed by atoms with Gasteiger partial charge in [-0.1, -0.05) is 0 Å². The molecule has 11 heavy (non-hydrogen) atoms. The van der Waals surface area contributed by atoms with Gasteiger partial charge in [-0.05, 0) is 38.0 Å². The summed E-state index contributed by atoms with van der Waals surface area (Å²) in [6.07, 6.45) is -5.52. The summed E-state index contributed by atoms with van der Waals surface area (Å²) in [7, 11) is 0. The Balaban J connectivity index is 3.09. The van der Waals surface area contributed by atoms with Gasteiger partial charge >= 0.3 is 5.97 Å². The summed E-state index contributed by atoms with van der Waals surface area (Å²) in [6.45, 7) is -0.313. The first kappa shape index (κ1) is 3.90. The molecule has 3 N–H and O–H groups in total. The highest BCUT2D eigenvalue weighted by atomic mass is 16.4. The molecule has 4 atom stereocenters. The Kier molecular flexibility index (Phi) is 1.32. The van der Waals surface area contributed by atoms with Crippen LogP contribution in [0, 0.1) is 11.8 Å². The lowest BCUT2D eigenvalue weighted by atomic mass is 9.82. The molecule has 3 heteroatoms. The molecule has 0 aromatic carbocycles. The van der Waals surface area contributed by atoms with E-state index < -0.39 is 43.4 Å². The fraction of sp³-hybridized carbons (Fsp3) is 0.875. The average molecular weight is 162 g/mol. The Hall–Kier alpha value is -0.570. The molecule has 1 saturated carbocycles. The van der Waals surface area contributed by atoms with E-state index in [0.29, 0.717) is 0 Å². The van der Waals surface area contributed by atoms with Gasteiger partial charge in [-0.15, -0.1) is 0 Å². The molecule has 0 radical (unpaired) electrons. The maximum absolute atomic E-state index is 10.9. The van der Waals surface area contributed by atoms with Gasteiger partial charge in [-0.2, -0.15) is 0 Å². The molecule has 64 valence electrons. The second-order valence-electron chi connectivity index (χ2n) is 2.36. The molecule has 0 bridgehead atoms. The topological polar surface area (TPSA) is 63.3 Å². The van der Waals surface area contributed by atoms with E-state index in [2.05, 4.69) is 0 Å². The molecule has 1 rings (SSSR count). The first-order chi connectivity index (χ1) is 7.27. The summed E-state index contributed by atoms with van der Waals surface area (Å²) in [4.78, 5) is 10.9. The van der Waals surface area contributed by atoms with Gasteiger partial charge in [0.2, 0.25) is 0 Å². The molecular weight excluding hydrogens is 142 g/mol. The number of nitrogens with two attached hydrogens (primary N) is 1. The monoisotopic (exact) mass is 162 g/mol. The molecule has 0 spiro atoms. The van der Waals surface area contributed by atoms with Crippen molar-refractivity contribution in [2.24, 2.45) is 17.5 Å².